The second kappa shape index (κ2) is 6.75. The third-order valence-corrected chi connectivity index (χ3v) is 3.77. The maximum Gasteiger partial charge on any atom is 0.238 e. The van der Waals surface area contributed by atoms with E-state index in [1.54, 1.807) is 24.3 Å². The Bertz CT molecular complexity index is 1100. The molecule has 0 fully saturated rings. The van der Waals surface area contributed by atoms with Crippen molar-refractivity contribution in [2.45, 2.75) is 6.92 Å². The first-order valence-corrected chi connectivity index (χ1v) is 8.21. The van der Waals surface area contributed by atoms with Gasteiger partial charge < -0.3 is 20.8 Å². The molecule has 4 rings (SSSR count). The molecule has 0 unspecified atom stereocenters. The maximum absolute atomic E-state index is 11.2. The van der Waals surface area contributed by atoms with Crippen molar-refractivity contribution in [3.8, 4) is 23.1 Å². The van der Waals surface area contributed by atoms with Crippen LogP contribution in [0.15, 0.2) is 54.7 Å². The largest absolute Gasteiger partial charge is 0.437 e. The zero-order chi connectivity index (χ0) is 18.8. The number of H-pyrrole nitrogens is 1. The Kier molecular flexibility index (Phi) is 4.13. The molecule has 2 aromatic carbocycles. The third-order valence-electron chi connectivity index (χ3n) is 3.77. The minimum absolute atomic E-state index is 0.161. The van der Waals surface area contributed by atoms with Crippen LogP contribution in [-0.4, -0.2) is 25.8 Å². The van der Waals surface area contributed by atoms with E-state index < -0.39 is 0 Å². The van der Waals surface area contributed by atoms with Gasteiger partial charge >= 0.3 is 0 Å². The highest BCUT2D eigenvalue weighted by atomic mass is 16.5. The van der Waals surface area contributed by atoms with E-state index in [2.05, 4.69) is 25.3 Å². The average Bonchev–Trinajstić information content (AvgIpc) is 3.07. The number of hydrogen-bond acceptors (Lipinski definition) is 6. The van der Waals surface area contributed by atoms with Gasteiger partial charge in [0.1, 0.15) is 5.75 Å². The number of carbonyl (C=O) groups is 1. The summed E-state index contributed by atoms with van der Waals surface area (Å²) >= 11 is 0. The number of nitrogens with zero attached hydrogens (tertiary/aromatic N) is 3. The lowest BCUT2D eigenvalue weighted by molar-refractivity contribution is -0.114. The Morgan fingerprint density at radius 1 is 1.15 bits per heavy atom. The molecule has 8 heteroatoms. The van der Waals surface area contributed by atoms with Gasteiger partial charge in [0.25, 0.3) is 0 Å². The number of imidazole rings is 1. The Morgan fingerprint density at radius 3 is 2.81 bits per heavy atom. The Hall–Kier alpha value is -3.94. The molecule has 4 N–H and O–H groups in total. The standard InChI is InChI=1S/C19H16N6O2/c1-11(26)22-12-5-4-6-13(9-12)27-16-10-21-18(20)17(25-16)19-23-14-7-2-3-8-15(14)24-19/h2-10H,1H3,(H2,20,21)(H,22,26)(H,23,24). The van der Waals surface area contributed by atoms with Crippen LogP contribution in [0.4, 0.5) is 11.5 Å². The molecular formula is C19H16N6O2. The SMILES string of the molecule is CC(=O)Nc1cccc(Oc2cnc(N)c(-c3nc4ccccc4[nH]3)n2)c1. The van der Waals surface area contributed by atoms with Gasteiger partial charge in [0, 0.05) is 18.7 Å². The molecular weight excluding hydrogens is 344 g/mol. The molecule has 0 bridgehead atoms. The van der Waals surface area contributed by atoms with Gasteiger partial charge in [-0.25, -0.2) is 15.0 Å². The van der Waals surface area contributed by atoms with Gasteiger partial charge in [-0.2, -0.15) is 0 Å². The number of nitrogen functional groups attached to an aromatic ring is 1. The summed E-state index contributed by atoms with van der Waals surface area (Å²) in [5, 5.41) is 2.70. The number of aromatic amines is 1. The second-order valence-corrected chi connectivity index (χ2v) is 5.86. The highest BCUT2D eigenvalue weighted by Gasteiger charge is 2.13. The molecule has 0 spiro atoms. The molecule has 0 atom stereocenters. The average molecular weight is 360 g/mol. The van der Waals surface area contributed by atoms with Crippen molar-refractivity contribution < 1.29 is 9.53 Å². The minimum atomic E-state index is -0.161. The van der Waals surface area contributed by atoms with Gasteiger partial charge in [0.05, 0.1) is 17.2 Å². The predicted molar refractivity (Wildman–Crippen MR) is 102 cm³/mol. The lowest BCUT2D eigenvalue weighted by Crippen LogP contribution is -2.05. The lowest BCUT2D eigenvalue weighted by atomic mass is 10.3. The van der Waals surface area contributed by atoms with E-state index >= 15 is 0 Å². The smallest absolute Gasteiger partial charge is 0.238 e. The molecule has 0 saturated heterocycles. The summed E-state index contributed by atoms with van der Waals surface area (Å²) in [7, 11) is 0. The first kappa shape index (κ1) is 16.5. The number of amides is 1. The summed E-state index contributed by atoms with van der Waals surface area (Å²) in [6, 6.07) is 14.6. The molecule has 134 valence electrons. The number of rotatable bonds is 4. The summed E-state index contributed by atoms with van der Waals surface area (Å²) in [5.74, 6) is 1.37. The molecule has 4 aromatic rings. The maximum atomic E-state index is 11.2. The Balaban J connectivity index is 1.65. The molecule has 0 radical (unpaired) electrons. The predicted octanol–water partition coefficient (Wildman–Crippen LogP) is 3.35. The summed E-state index contributed by atoms with van der Waals surface area (Å²) in [4.78, 5) is 27.5. The van der Waals surface area contributed by atoms with E-state index in [9.17, 15) is 4.79 Å². The number of ether oxygens (including phenoxy) is 1. The molecule has 1 amide bonds. The normalized spacial score (nSPS) is 10.7. The fourth-order valence-corrected chi connectivity index (χ4v) is 2.63. The van der Waals surface area contributed by atoms with Gasteiger partial charge in [0.2, 0.25) is 11.8 Å². The molecule has 0 aliphatic rings. The van der Waals surface area contributed by atoms with Gasteiger partial charge in [-0.3, -0.25) is 4.79 Å². The van der Waals surface area contributed by atoms with Crippen molar-refractivity contribution in [1.82, 2.24) is 19.9 Å². The lowest BCUT2D eigenvalue weighted by Gasteiger charge is -2.08. The number of fused-ring (bicyclic) bond motifs is 1. The fraction of sp³-hybridized carbons (Fsp3) is 0.0526. The number of nitrogens with one attached hydrogen (secondary N) is 2. The molecule has 27 heavy (non-hydrogen) atoms. The highest BCUT2D eigenvalue weighted by Crippen LogP contribution is 2.27. The topological polar surface area (TPSA) is 119 Å². The van der Waals surface area contributed by atoms with Crippen LogP contribution in [0.1, 0.15) is 6.92 Å². The van der Waals surface area contributed by atoms with Crippen LogP contribution in [0, 0.1) is 0 Å². The van der Waals surface area contributed by atoms with Crippen LogP contribution >= 0.6 is 0 Å². The first-order valence-electron chi connectivity index (χ1n) is 8.21. The zero-order valence-electron chi connectivity index (χ0n) is 14.4. The molecule has 2 aromatic heterocycles. The summed E-state index contributed by atoms with van der Waals surface area (Å²) in [6.07, 6.45) is 1.44. The first-order chi connectivity index (χ1) is 13.1. The Labute approximate surface area is 154 Å². The molecule has 0 aliphatic heterocycles. The number of para-hydroxylation sites is 2. The van der Waals surface area contributed by atoms with Crippen molar-refractivity contribution >= 4 is 28.4 Å². The van der Waals surface area contributed by atoms with Gasteiger partial charge in [-0.1, -0.05) is 18.2 Å². The van der Waals surface area contributed by atoms with Crippen LogP contribution in [0.2, 0.25) is 0 Å². The van der Waals surface area contributed by atoms with Crippen molar-refractivity contribution in [3.63, 3.8) is 0 Å². The quantitative estimate of drug-likeness (QED) is 0.513. The fourth-order valence-electron chi connectivity index (χ4n) is 2.63. The number of carbonyl (C=O) groups excluding carboxylic acids is 1. The van der Waals surface area contributed by atoms with E-state index in [1.165, 1.54) is 13.1 Å². The van der Waals surface area contributed by atoms with Crippen molar-refractivity contribution in [1.29, 1.82) is 0 Å². The van der Waals surface area contributed by atoms with Gasteiger partial charge in [0.15, 0.2) is 17.3 Å². The minimum Gasteiger partial charge on any atom is -0.437 e. The van der Waals surface area contributed by atoms with Crippen LogP contribution in [0.25, 0.3) is 22.6 Å². The number of benzene rings is 2. The summed E-state index contributed by atoms with van der Waals surface area (Å²) in [5.41, 5.74) is 8.70. The van der Waals surface area contributed by atoms with E-state index in [0.717, 1.165) is 11.0 Å². The van der Waals surface area contributed by atoms with Crippen LogP contribution in [-0.2, 0) is 4.79 Å². The second-order valence-electron chi connectivity index (χ2n) is 5.86. The molecule has 0 aliphatic carbocycles. The summed E-state index contributed by atoms with van der Waals surface area (Å²) in [6.45, 7) is 1.44. The van der Waals surface area contributed by atoms with Crippen LogP contribution in [0.5, 0.6) is 11.6 Å². The number of hydrogen-bond donors (Lipinski definition) is 3. The van der Waals surface area contributed by atoms with E-state index in [1.807, 2.05) is 24.3 Å². The third kappa shape index (κ3) is 3.54. The van der Waals surface area contributed by atoms with Crippen molar-refractivity contribution in [2.24, 2.45) is 0 Å². The summed E-state index contributed by atoms with van der Waals surface area (Å²) < 4.78 is 5.77. The van der Waals surface area contributed by atoms with Crippen LogP contribution in [0.3, 0.4) is 0 Å². The number of aromatic nitrogens is 4. The molecule has 2 heterocycles. The van der Waals surface area contributed by atoms with Crippen LogP contribution < -0.4 is 15.8 Å². The van der Waals surface area contributed by atoms with E-state index in [0.29, 0.717) is 23.0 Å². The highest BCUT2D eigenvalue weighted by molar-refractivity contribution is 5.88. The van der Waals surface area contributed by atoms with Gasteiger partial charge in [-0.15, -0.1) is 0 Å². The Morgan fingerprint density at radius 2 is 2.00 bits per heavy atom. The number of anilines is 2. The monoisotopic (exact) mass is 360 g/mol. The number of nitrogens with two attached hydrogens (primary N) is 1. The van der Waals surface area contributed by atoms with E-state index in [-0.39, 0.29) is 17.6 Å². The van der Waals surface area contributed by atoms with E-state index in [4.69, 9.17) is 10.5 Å². The molecule has 8 nitrogen and oxygen atoms in total. The molecule has 0 saturated carbocycles. The van der Waals surface area contributed by atoms with Crippen molar-refractivity contribution in [2.75, 3.05) is 11.1 Å². The van der Waals surface area contributed by atoms with Crippen molar-refractivity contribution in [3.05, 3.63) is 54.7 Å². The zero-order valence-corrected chi connectivity index (χ0v) is 14.4. The van der Waals surface area contributed by atoms with Gasteiger partial charge in [-0.05, 0) is 24.3 Å².